The number of carbonyl (C=O) groups excluding carboxylic acids is 4. The van der Waals surface area contributed by atoms with E-state index in [1.807, 2.05) is 24.3 Å². The predicted octanol–water partition coefficient (Wildman–Crippen LogP) is 8.51. The van der Waals surface area contributed by atoms with Crippen molar-refractivity contribution in [3.63, 3.8) is 0 Å². The predicted molar refractivity (Wildman–Crippen MR) is 164 cm³/mol. The smallest absolute Gasteiger partial charge is 0.271 e. The molecule has 6 heterocycles. The van der Waals surface area contributed by atoms with E-state index in [2.05, 4.69) is 26.0 Å². The lowest BCUT2D eigenvalue weighted by molar-refractivity contribution is 0.0637. The van der Waals surface area contributed by atoms with E-state index >= 15 is 0 Å². The Morgan fingerprint density at radius 1 is 0.500 bits per heavy atom. The van der Waals surface area contributed by atoms with Crippen LogP contribution in [0.1, 0.15) is 92.4 Å². The zero-order valence-electron chi connectivity index (χ0n) is 22.3. The molecule has 0 saturated heterocycles. The van der Waals surface area contributed by atoms with Crippen LogP contribution in [-0.2, 0) is 0 Å². The largest absolute Gasteiger partial charge is 0.274 e. The fourth-order valence-electron chi connectivity index (χ4n) is 5.03. The van der Waals surface area contributed by atoms with E-state index in [9.17, 15) is 19.2 Å². The molecule has 0 fully saturated rings. The molecule has 0 aromatic carbocycles. The monoisotopic (exact) mass is 608 g/mol. The van der Waals surface area contributed by atoms with Crippen LogP contribution in [0, 0.1) is 0 Å². The van der Waals surface area contributed by atoms with E-state index in [0.29, 0.717) is 34.0 Å². The van der Waals surface area contributed by atoms with Gasteiger partial charge in [-0.2, -0.15) is 0 Å². The third-order valence-electron chi connectivity index (χ3n) is 7.21. The van der Waals surface area contributed by atoms with Gasteiger partial charge in [0.05, 0.1) is 11.1 Å². The Morgan fingerprint density at radius 2 is 0.875 bits per heavy atom. The maximum Gasteiger partial charge on any atom is 0.271 e. The van der Waals surface area contributed by atoms with E-state index in [4.69, 9.17) is 0 Å². The number of fused-ring (bicyclic) bond motifs is 2. The number of nitrogens with zero attached hydrogens (tertiary/aromatic N) is 2. The summed E-state index contributed by atoms with van der Waals surface area (Å²) in [5.41, 5.74) is 1.04. The zero-order valence-corrected chi connectivity index (χ0v) is 25.5. The molecule has 0 saturated carbocycles. The number of amides is 4. The number of carbonyl (C=O) groups is 4. The van der Waals surface area contributed by atoms with Crippen molar-refractivity contribution >= 4 is 69.0 Å². The van der Waals surface area contributed by atoms with Crippen molar-refractivity contribution in [2.75, 3.05) is 13.1 Å². The molecule has 10 heteroatoms. The summed E-state index contributed by atoms with van der Waals surface area (Å²) in [7, 11) is 0. The van der Waals surface area contributed by atoms with Crippen LogP contribution < -0.4 is 0 Å². The topological polar surface area (TPSA) is 74.8 Å². The van der Waals surface area contributed by atoms with Gasteiger partial charge in [-0.1, -0.05) is 39.5 Å². The van der Waals surface area contributed by atoms with E-state index in [-0.39, 0.29) is 23.6 Å². The highest BCUT2D eigenvalue weighted by molar-refractivity contribution is 7.29. The number of hydrogen-bond donors (Lipinski definition) is 0. The van der Waals surface area contributed by atoms with Gasteiger partial charge in [0, 0.05) is 42.4 Å². The highest BCUT2D eigenvalue weighted by atomic mass is 32.1. The van der Waals surface area contributed by atoms with Crippen LogP contribution in [0.5, 0.6) is 0 Å². The molecule has 0 aliphatic carbocycles. The fourth-order valence-corrected chi connectivity index (χ4v) is 9.49. The highest BCUT2D eigenvalue weighted by Crippen LogP contribution is 2.45. The summed E-state index contributed by atoms with van der Waals surface area (Å²) >= 11 is 6.06. The van der Waals surface area contributed by atoms with Gasteiger partial charge in [-0.3, -0.25) is 29.0 Å². The average Bonchev–Trinajstić information content (AvgIpc) is 3.78. The molecule has 0 bridgehead atoms. The lowest BCUT2D eigenvalue weighted by atomic mass is 10.2. The van der Waals surface area contributed by atoms with Crippen LogP contribution in [-0.4, -0.2) is 46.5 Å². The Bertz CT molecular complexity index is 1450. The maximum absolute atomic E-state index is 12.9. The van der Waals surface area contributed by atoms with Gasteiger partial charge in [-0.25, -0.2) is 0 Å². The maximum atomic E-state index is 12.9. The average molecular weight is 609 g/mol. The fraction of sp³-hybridized carbons (Fsp3) is 0.333. The second-order valence-electron chi connectivity index (χ2n) is 9.97. The van der Waals surface area contributed by atoms with Crippen LogP contribution in [0.4, 0.5) is 0 Å². The molecule has 0 atom stereocenters. The summed E-state index contributed by atoms with van der Waals surface area (Å²) in [4.78, 5) is 61.4. The van der Waals surface area contributed by atoms with Gasteiger partial charge in [0.25, 0.3) is 23.6 Å². The van der Waals surface area contributed by atoms with Crippen molar-refractivity contribution in [2.45, 2.75) is 52.4 Å². The van der Waals surface area contributed by atoms with Crippen molar-refractivity contribution in [3.05, 3.63) is 57.3 Å². The normalized spacial score (nSPS) is 14.7. The minimum absolute atomic E-state index is 0.170. The standard InChI is InChI=1S/C30H28N2O4S4/c1-3-5-7-13-31-27(33)17-15-23(39-25(17)29(31)35)21-11-9-19(37-21)20-10-12-22(38-20)24-16-18-26(40-24)30(36)32(28(18)34)14-8-6-4-2/h9-12,15-16H,3-8,13-14H2,1-2H3. The number of imide groups is 2. The minimum atomic E-state index is -0.179. The SMILES string of the molecule is CCCCCN1C(=O)c2cc(-c3ccc(-c4ccc(-c5cc6c(s5)C(=O)N(CCCCC)C6=O)s4)s3)sc2C1=O. The lowest BCUT2D eigenvalue weighted by Crippen LogP contribution is -2.30. The van der Waals surface area contributed by atoms with E-state index < -0.39 is 0 Å². The number of rotatable bonds is 11. The Kier molecular flexibility index (Phi) is 7.60. The van der Waals surface area contributed by atoms with Gasteiger partial charge in [0.15, 0.2) is 0 Å². The van der Waals surface area contributed by atoms with Gasteiger partial charge in [-0.15, -0.1) is 45.3 Å². The van der Waals surface area contributed by atoms with Crippen molar-refractivity contribution in [2.24, 2.45) is 0 Å². The number of thiophene rings is 4. The molecule has 40 heavy (non-hydrogen) atoms. The van der Waals surface area contributed by atoms with Gasteiger partial charge >= 0.3 is 0 Å². The van der Waals surface area contributed by atoms with E-state index in [1.165, 1.54) is 32.5 Å². The quantitative estimate of drug-likeness (QED) is 0.126. The molecule has 0 unspecified atom stereocenters. The molecule has 0 radical (unpaired) electrons. The molecule has 2 aliphatic heterocycles. The number of unbranched alkanes of at least 4 members (excludes halogenated alkanes) is 4. The first-order valence-corrected chi connectivity index (χ1v) is 16.9. The van der Waals surface area contributed by atoms with Gasteiger partial charge in [0.1, 0.15) is 9.75 Å². The minimum Gasteiger partial charge on any atom is -0.274 e. The summed E-state index contributed by atoms with van der Waals surface area (Å²) in [6, 6.07) is 11.9. The first-order valence-electron chi connectivity index (χ1n) is 13.6. The molecule has 4 aromatic rings. The molecule has 2 aliphatic rings. The highest BCUT2D eigenvalue weighted by Gasteiger charge is 2.39. The summed E-state index contributed by atoms with van der Waals surface area (Å²) in [6.07, 6.45) is 5.76. The molecular formula is C30H28N2O4S4. The Balaban J connectivity index is 1.17. The zero-order chi connectivity index (χ0) is 28.0. The first kappa shape index (κ1) is 27.3. The Labute approximate surface area is 248 Å². The Morgan fingerprint density at radius 3 is 1.23 bits per heavy atom. The van der Waals surface area contributed by atoms with E-state index in [0.717, 1.165) is 67.8 Å². The summed E-state index contributed by atoms with van der Waals surface area (Å²) in [5.74, 6) is -0.698. The van der Waals surface area contributed by atoms with Crippen molar-refractivity contribution in [1.82, 2.24) is 9.80 Å². The summed E-state index contributed by atoms with van der Waals surface area (Å²) in [6.45, 7) is 5.17. The van der Waals surface area contributed by atoms with Crippen LogP contribution in [0.15, 0.2) is 36.4 Å². The van der Waals surface area contributed by atoms with Crippen molar-refractivity contribution in [1.29, 1.82) is 0 Å². The van der Waals surface area contributed by atoms with Gasteiger partial charge in [-0.05, 0) is 49.2 Å². The molecule has 0 N–H and O–H groups in total. The van der Waals surface area contributed by atoms with E-state index in [1.54, 1.807) is 22.7 Å². The third-order valence-corrected chi connectivity index (χ3v) is 12.2. The van der Waals surface area contributed by atoms with Gasteiger partial charge < -0.3 is 0 Å². The molecular weight excluding hydrogens is 581 g/mol. The summed E-state index contributed by atoms with van der Waals surface area (Å²) < 4.78 is 0. The van der Waals surface area contributed by atoms with Crippen LogP contribution in [0.2, 0.25) is 0 Å². The molecule has 6 nitrogen and oxygen atoms in total. The molecule has 0 spiro atoms. The summed E-state index contributed by atoms with van der Waals surface area (Å²) in [5, 5.41) is 0. The second kappa shape index (κ2) is 11.2. The van der Waals surface area contributed by atoms with Crippen molar-refractivity contribution in [3.8, 4) is 29.3 Å². The molecule has 4 aromatic heterocycles. The van der Waals surface area contributed by atoms with Crippen LogP contribution in [0.3, 0.4) is 0 Å². The number of hydrogen-bond acceptors (Lipinski definition) is 8. The van der Waals surface area contributed by atoms with Gasteiger partial charge in [0.2, 0.25) is 0 Å². The molecule has 6 rings (SSSR count). The lowest BCUT2D eigenvalue weighted by Gasteiger charge is -2.13. The van der Waals surface area contributed by atoms with Crippen LogP contribution in [0.25, 0.3) is 29.3 Å². The second-order valence-corrected chi connectivity index (χ2v) is 14.2. The molecule has 4 amide bonds. The van der Waals surface area contributed by atoms with Crippen LogP contribution >= 0.6 is 45.3 Å². The first-order chi connectivity index (χ1) is 19.4. The third kappa shape index (κ3) is 4.70. The van der Waals surface area contributed by atoms with Crippen molar-refractivity contribution < 1.29 is 19.2 Å². The molecule has 206 valence electrons. The Hall–Kier alpha value is -2.92.